The predicted octanol–water partition coefficient (Wildman–Crippen LogP) is 5.76. The maximum atomic E-state index is 14.8. The summed E-state index contributed by atoms with van der Waals surface area (Å²) in [6, 6.07) is 25.7. The number of nitro groups is 1. The van der Waals surface area contributed by atoms with Crippen LogP contribution in [0.15, 0.2) is 103 Å². The molecule has 1 fully saturated rings. The van der Waals surface area contributed by atoms with Gasteiger partial charge in [-0.1, -0.05) is 84.9 Å². The number of nitrogens with zero attached hydrogens (tertiary/aromatic N) is 2. The lowest BCUT2D eigenvalue weighted by molar-refractivity contribution is -0.384. The Bertz CT molecular complexity index is 1850. The molecule has 4 unspecified atom stereocenters. The van der Waals surface area contributed by atoms with Crippen LogP contribution in [0.1, 0.15) is 37.4 Å². The van der Waals surface area contributed by atoms with Gasteiger partial charge < -0.3 is 10.2 Å². The fourth-order valence-electron chi connectivity index (χ4n) is 7.00. The van der Waals surface area contributed by atoms with Crippen molar-refractivity contribution in [3.63, 3.8) is 0 Å². The van der Waals surface area contributed by atoms with Gasteiger partial charge in [0.05, 0.1) is 16.9 Å². The molecule has 0 aromatic heterocycles. The van der Waals surface area contributed by atoms with E-state index in [1.165, 1.54) is 24.3 Å². The summed E-state index contributed by atoms with van der Waals surface area (Å²) in [5.74, 6) is -2.39. The van der Waals surface area contributed by atoms with Crippen LogP contribution in [0, 0.1) is 23.0 Å². The fraction of sp³-hybridized carbons (Fsp3) is 0.147. The lowest BCUT2D eigenvalue weighted by atomic mass is 9.64. The molecule has 1 saturated heterocycles. The maximum Gasteiger partial charge on any atom is 0.270 e. The highest BCUT2D eigenvalue weighted by molar-refractivity contribution is 6.18. The Balaban J connectivity index is 1.54. The summed E-state index contributed by atoms with van der Waals surface area (Å²) in [6.07, 6.45) is 3.85. The van der Waals surface area contributed by atoms with Crippen molar-refractivity contribution in [1.29, 1.82) is 0 Å². The van der Waals surface area contributed by atoms with Crippen LogP contribution in [0.3, 0.4) is 0 Å². The van der Waals surface area contributed by atoms with Crippen molar-refractivity contribution in [3.8, 4) is 0 Å². The number of rotatable bonds is 5. The number of hydrogen-bond donors (Lipinski definition) is 1. The molecule has 8 nitrogen and oxygen atoms in total. The van der Waals surface area contributed by atoms with Crippen molar-refractivity contribution in [3.05, 3.63) is 141 Å². The summed E-state index contributed by atoms with van der Waals surface area (Å²) in [5, 5.41) is 14.6. The average Bonchev–Trinajstić information content (AvgIpc) is 3.49. The van der Waals surface area contributed by atoms with Crippen LogP contribution >= 0.6 is 0 Å². The van der Waals surface area contributed by atoms with Gasteiger partial charge in [-0.2, -0.15) is 0 Å². The first kappa shape index (κ1) is 25.6. The van der Waals surface area contributed by atoms with Gasteiger partial charge in [0.15, 0.2) is 11.6 Å². The monoisotopic (exact) mass is 555 g/mol. The topological polar surface area (TPSA) is 110 Å². The first-order valence-corrected chi connectivity index (χ1v) is 13.7. The van der Waals surface area contributed by atoms with E-state index in [4.69, 9.17) is 0 Å². The van der Waals surface area contributed by atoms with Crippen LogP contribution in [-0.2, 0) is 10.2 Å². The highest BCUT2D eigenvalue weighted by atomic mass is 16.6. The van der Waals surface area contributed by atoms with Crippen molar-refractivity contribution < 1.29 is 19.3 Å². The van der Waals surface area contributed by atoms with Crippen molar-refractivity contribution in [2.24, 2.45) is 5.92 Å². The summed E-state index contributed by atoms with van der Waals surface area (Å²) in [7, 11) is 0. The number of hydrogen-bond acceptors (Lipinski definition) is 6. The summed E-state index contributed by atoms with van der Waals surface area (Å²) >= 11 is 0. The van der Waals surface area contributed by atoms with E-state index >= 15 is 0 Å². The molecule has 0 bridgehead atoms. The highest BCUT2D eigenvalue weighted by Gasteiger charge is 2.70. The minimum absolute atomic E-state index is 0.0740. The Labute approximate surface area is 241 Å². The van der Waals surface area contributed by atoms with E-state index in [2.05, 4.69) is 5.32 Å². The molecule has 42 heavy (non-hydrogen) atoms. The van der Waals surface area contributed by atoms with Gasteiger partial charge in [-0.15, -0.1) is 0 Å². The SMILES string of the molecule is Cc1ccc2c(c1)N1C(C(=O)c3ccccc3)C(C(=O)c3cccc([N+](=O)[O-])c3)C3(C(=O)Nc4ccccc43)C1C=C2. The quantitative estimate of drug-likeness (QED) is 0.191. The van der Waals surface area contributed by atoms with Gasteiger partial charge in [-0.05, 0) is 35.7 Å². The molecule has 4 atom stereocenters. The summed E-state index contributed by atoms with van der Waals surface area (Å²) in [6.45, 7) is 1.96. The Kier molecular flexibility index (Phi) is 5.69. The second kappa shape index (κ2) is 9.34. The molecule has 8 heteroatoms. The van der Waals surface area contributed by atoms with Gasteiger partial charge in [0.1, 0.15) is 11.5 Å². The predicted molar refractivity (Wildman–Crippen MR) is 159 cm³/mol. The van der Waals surface area contributed by atoms with Gasteiger partial charge in [0.2, 0.25) is 5.91 Å². The molecular weight excluding hydrogens is 530 g/mol. The fourth-order valence-corrected chi connectivity index (χ4v) is 7.00. The number of nitro benzene ring substituents is 1. The minimum Gasteiger partial charge on any atom is -0.352 e. The van der Waals surface area contributed by atoms with E-state index in [0.29, 0.717) is 16.8 Å². The van der Waals surface area contributed by atoms with Crippen molar-refractivity contribution in [2.45, 2.75) is 24.4 Å². The van der Waals surface area contributed by atoms with Crippen LogP contribution in [0.25, 0.3) is 6.08 Å². The Morgan fingerprint density at radius 2 is 1.62 bits per heavy atom. The van der Waals surface area contributed by atoms with E-state index in [1.807, 2.05) is 66.4 Å². The normalized spacial score (nSPS) is 23.2. The first-order valence-electron chi connectivity index (χ1n) is 13.7. The molecule has 1 spiro atoms. The molecule has 3 aliphatic rings. The largest absolute Gasteiger partial charge is 0.352 e. The maximum absolute atomic E-state index is 14.8. The van der Waals surface area contributed by atoms with Crippen molar-refractivity contribution in [1.82, 2.24) is 0 Å². The molecule has 1 amide bonds. The third-order valence-corrected chi connectivity index (χ3v) is 8.74. The number of aryl methyl sites for hydroxylation is 1. The van der Waals surface area contributed by atoms with Crippen LogP contribution in [0.4, 0.5) is 17.1 Å². The number of ketones is 2. The lowest BCUT2D eigenvalue weighted by Crippen LogP contribution is -2.51. The average molecular weight is 556 g/mol. The smallest absolute Gasteiger partial charge is 0.270 e. The third kappa shape index (κ3) is 3.51. The lowest BCUT2D eigenvalue weighted by Gasteiger charge is -2.37. The van der Waals surface area contributed by atoms with Crippen LogP contribution in [0.2, 0.25) is 0 Å². The molecule has 0 radical (unpaired) electrons. The van der Waals surface area contributed by atoms with Gasteiger partial charge in [0, 0.05) is 34.6 Å². The Morgan fingerprint density at radius 3 is 2.40 bits per heavy atom. The first-order chi connectivity index (χ1) is 20.3. The molecule has 4 aromatic rings. The minimum atomic E-state index is -1.48. The zero-order valence-corrected chi connectivity index (χ0v) is 22.6. The molecule has 3 aliphatic heterocycles. The molecule has 7 rings (SSSR count). The van der Waals surface area contributed by atoms with Crippen molar-refractivity contribution >= 4 is 40.6 Å². The van der Waals surface area contributed by atoms with E-state index < -0.39 is 34.1 Å². The van der Waals surface area contributed by atoms with Crippen LogP contribution < -0.4 is 10.2 Å². The third-order valence-electron chi connectivity index (χ3n) is 8.74. The van der Waals surface area contributed by atoms with Gasteiger partial charge in [-0.25, -0.2) is 0 Å². The number of nitrogens with one attached hydrogen (secondary N) is 1. The van der Waals surface area contributed by atoms with E-state index in [-0.39, 0.29) is 22.9 Å². The zero-order chi connectivity index (χ0) is 29.2. The van der Waals surface area contributed by atoms with Gasteiger partial charge in [-0.3, -0.25) is 24.5 Å². The number of carbonyl (C=O) groups is 3. The van der Waals surface area contributed by atoms with Crippen LogP contribution in [-0.4, -0.2) is 34.5 Å². The number of amides is 1. The Morgan fingerprint density at radius 1 is 0.881 bits per heavy atom. The number of anilines is 2. The Hall–Kier alpha value is -5.37. The second-order valence-corrected chi connectivity index (χ2v) is 11.0. The van der Waals surface area contributed by atoms with Crippen LogP contribution in [0.5, 0.6) is 0 Å². The number of non-ortho nitro benzene ring substituents is 1. The number of Topliss-reactive ketones (excluding diaryl/α,β-unsaturated/α-hetero) is 2. The zero-order valence-electron chi connectivity index (χ0n) is 22.6. The van der Waals surface area contributed by atoms with E-state index in [0.717, 1.165) is 16.8 Å². The molecule has 0 saturated carbocycles. The highest BCUT2D eigenvalue weighted by Crippen LogP contribution is 2.58. The molecular formula is C34H25N3O5. The van der Waals surface area contributed by atoms with Gasteiger partial charge in [0.25, 0.3) is 5.69 Å². The molecule has 1 N–H and O–H groups in total. The second-order valence-electron chi connectivity index (χ2n) is 11.0. The number of para-hydroxylation sites is 1. The molecule has 206 valence electrons. The standard InChI is InChI=1S/C34H25N3O5/c1-20-14-15-21-16-17-28-34(25-12-5-6-13-26(25)35-33(34)40)29(31(38)23-10-7-11-24(19-23)37(41)42)30(36(28)27(21)18-20)32(39)22-8-3-2-4-9-22/h2-19,28-30H,1H3,(H,35,40). The molecule has 3 heterocycles. The summed E-state index contributed by atoms with van der Waals surface area (Å²) < 4.78 is 0. The van der Waals surface area contributed by atoms with Gasteiger partial charge >= 0.3 is 0 Å². The van der Waals surface area contributed by atoms with E-state index in [1.54, 1.807) is 30.3 Å². The number of fused-ring (bicyclic) bond motifs is 6. The summed E-state index contributed by atoms with van der Waals surface area (Å²) in [4.78, 5) is 56.8. The number of benzene rings is 4. The number of carbonyl (C=O) groups excluding carboxylic acids is 3. The van der Waals surface area contributed by atoms with Crippen molar-refractivity contribution in [2.75, 3.05) is 10.2 Å². The summed E-state index contributed by atoms with van der Waals surface area (Å²) in [5.41, 5.74) is 2.55. The molecule has 4 aromatic carbocycles. The van der Waals surface area contributed by atoms with E-state index in [9.17, 15) is 24.5 Å². The molecule has 0 aliphatic carbocycles.